The van der Waals surface area contributed by atoms with Crippen LogP contribution >= 0.6 is 0 Å². The molecule has 0 bridgehead atoms. The molecular formula is C18H21N3O. The standard InChI is InChI=1S/C18H21N3O/c1-4-11-21(17(22)13-20-12-10-19-14-20)18-15(5-2)8-7-9-16(18)6-3/h1,7-10,12,14H,5-6,11,13H2,2-3H3. The van der Waals surface area contributed by atoms with E-state index >= 15 is 0 Å². The number of terminal acetylenes is 1. The van der Waals surface area contributed by atoms with E-state index in [9.17, 15) is 4.79 Å². The second kappa shape index (κ2) is 7.46. The van der Waals surface area contributed by atoms with Crippen molar-refractivity contribution in [3.63, 3.8) is 0 Å². The summed E-state index contributed by atoms with van der Waals surface area (Å²) in [5.41, 5.74) is 3.26. The summed E-state index contributed by atoms with van der Waals surface area (Å²) >= 11 is 0. The van der Waals surface area contributed by atoms with Gasteiger partial charge in [-0.3, -0.25) is 9.69 Å². The topological polar surface area (TPSA) is 38.1 Å². The monoisotopic (exact) mass is 295 g/mol. The van der Waals surface area contributed by atoms with E-state index in [1.807, 2.05) is 6.07 Å². The number of aryl methyl sites for hydroxylation is 2. The number of carbonyl (C=O) groups is 1. The molecule has 22 heavy (non-hydrogen) atoms. The van der Waals surface area contributed by atoms with Gasteiger partial charge in [0.05, 0.1) is 18.6 Å². The molecule has 1 amide bonds. The number of nitrogens with zero attached hydrogens (tertiary/aromatic N) is 3. The van der Waals surface area contributed by atoms with Gasteiger partial charge in [0, 0.05) is 12.4 Å². The molecule has 0 fully saturated rings. The molecule has 4 nitrogen and oxygen atoms in total. The normalized spacial score (nSPS) is 10.2. The number of benzene rings is 1. The number of anilines is 1. The summed E-state index contributed by atoms with van der Waals surface area (Å²) in [7, 11) is 0. The molecule has 1 heterocycles. The van der Waals surface area contributed by atoms with Crippen LogP contribution in [-0.4, -0.2) is 22.0 Å². The Labute approximate surface area is 131 Å². The molecule has 114 valence electrons. The van der Waals surface area contributed by atoms with Crippen LogP contribution in [0, 0.1) is 12.3 Å². The first-order chi connectivity index (χ1) is 10.7. The Kier molecular flexibility index (Phi) is 5.37. The van der Waals surface area contributed by atoms with Gasteiger partial charge in [0.1, 0.15) is 6.54 Å². The lowest BCUT2D eigenvalue weighted by atomic mass is 10.0. The van der Waals surface area contributed by atoms with Crippen LogP contribution in [0.1, 0.15) is 25.0 Å². The van der Waals surface area contributed by atoms with E-state index in [1.54, 1.807) is 28.2 Å². The van der Waals surface area contributed by atoms with Crippen LogP contribution in [0.3, 0.4) is 0 Å². The van der Waals surface area contributed by atoms with E-state index < -0.39 is 0 Å². The molecule has 0 spiro atoms. The number of imidazole rings is 1. The lowest BCUT2D eigenvalue weighted by molar-refractivity contribution is -0.119. The average Bonchev–Trinajstić information content (AvgIpc) is 3.04. The molecule has 2 rings (SSSR count). The van der Waals surface area contributed by atoms with Crippen molar-refractivity contribution in [2.45, 2.75) is 33.2 Å². The maximum Gasteiger partial charge on any atom is 0.247 e. The fourth-order valence-corrected chi connectivity index (χ4v) is 2.57. The molecule has 1 aromatic carbocycles. The van der Waals surface area contributed by atoms with Crippen LogP contribution in [-0.2, 0) is 24.2 Å². The average molecular weight is 295 g/mol. The Morgan fingerprint density at radius 3 is 2.50 bits per heavy atom. The van der Waals surface area contributed by atoms with Crippen LogP contribution in [0.2, 0.25) is 0 Å². The maximum absolute atomic E-state index is 12.7. The largest absolute Gasteiger partial charge is 0.328 e. The number of para-hydroxylation sites is 1. The zero-order chi connectivity index (χ0) is 15.9. The van der Waals surface area contributed by atoms with Gasteiger partial charge in [0.2, 0.25) is 5.91 Å². The second-order valence-electron chi connectivity index (χ2n) is 5.05. The molecule has 0 aliphatic heterocycles. The summed E-state index contributed by atoms with van der Waals surface area (Å²) in [6.07, 6.45) is 12.3. The number of amides is 1. The highest BCUT2D eigenvalue weighted by molar-refractivity contribution is 5.95. The van der Waals surface area contributed by atoms with Gasteiger partial charge in [0.25, 0.3) is 0 Å². The minimum atomic E-state index is -0.0217. The predicted octanol–water partition coefficient (Wildman–Crippen LogP) is 2.67. The van der Waals surface area contributed by atoms with Crippen molar-refractivity contribution >= 4 is 11.6 Å². The first kappa shape index (κ1) is 15.8. The number of hydrogen-bond acceptors (Lipinski definition) is 2. The van der Waals surface area contributed by atoms with E-state index in [2.05, 4.69) is 36.9 Å². The second-order valence-corrected chi connectivity index (χ2v) is 5.05. The minimum absolute atomic E-state index is 0.0217. The fourth-order valence-electron chi connectivity index (χ4n) is 2.57. The van der Waals surface area contributed by atoms with Gasteiger partial charge in [-0.15, -0.1) is 6.42 Å². The number of carbonyl (C=O) groups excluding carboxylic acids is 1. The van der Waals surface area contributed by atoms with Crippen LogP contribution in [0.15, 0.2) is 36.9 Å². The van der Waals surface area contributed by atoms with Crippen molar-refractivity contribution in [2.75, 3.05) is 11.4 Å². The minimum Gasteiger partial charge on any atom is -0.328 e. The van der Waals surface area contributed by atoms with E-state index in [1.165, 1.54) is 0 Å². The van der Waals surface area contributed by atoms with Crippen LogP contribution in [0.25, 0.3) is 0 Å². The molecule has 0 unspecified atom stereocenters. The smallest absolute Gasteiger partial charge is 0.247 e. The van der Waals surface area contributed by atoms with Crippen LogP contribution in [0.4, 0.5) is 5.69 Å². The van der Waals surface area contributed by atoms with Crippen molar-refractivity contribution in [2.24, 2.45) is 0 Å². The molecule has 0 aliphatic rings. The summed E-state index contributed by atoms with van der Waals surface area (Å²) in [4.78, 5) is 18.4. The van der Waals surface area contributed by atoms with Crippen molar-refractivity contribution in [1.82, 2.24) is 9.55 Å². The Hall–Kier alpha value is -2.54. The first-order valence-electron chi connectivity index (χ1n) is 7.51. The van der Waals surface area contributed by atoms with Crippen molar-refractivity contribution in [3.05, 3.63) is 48.0 Å². The third-order valence-electron chi connectivity index (χ3n) is 3.66. The van der Waals surface area contributed by atoms with Crippen LogP contribution < -0.4 is 4.90 Å². The third kappa shape index (κ3) is 3.37. The molecule has 0 radical (unpaired) electrons. The van der Waals surface area contributed by atoms with Crippen molar-refractivity contribution in [3.8, 4) is 12.3 Å². The predicted molar refractivity (Wildman–Crippen MR) is 88.6 cm³/mol. The van der Waals surface area contributed by atoms with Gasteiger partial charge < -0.3 is 4.57 Å². The molecule has 1 aromatic heterocycles. The van der Waals surface area contributed by atoms with E-state index in [0.717, 1.165) is 29.7 Å². The molecule has 0 atom stereocenters. The maximum atomic E-state index is 12.7. The van der Waals surface area contributed by atoms with Crippen molar-refractivity contribution in [1.29, 1.82) is 0 Å². The Balaban J connectivity index is 2.39. The van der Waals surface area contributed by atoms with E-state index in [-0.39, 0.29) is 19.0 Å². The number of hydrogen-bond donors (Lipinski definition) is 0. The van der Waals surface area contributed by atoms with Gasteiger partial charge in [-0.2, -0.15) is 0 Å². The lowest BCUT2D eigenvalue weighted by Gasteiger charge is -2.26. The van der Waals surface area contributed by atoms with Gasteiger partial charge >= 0.3 is 0 Å². The summed E-state index contributed by atoms with van der Waals surface area (Å²) in [6.45, 7) is 4.69. The molecule has 2 aromatic rings. The molecule has 0 N–H and O–H groups in total. The molecule has 0 saturated heterocycles. The summed E-state index contributed by atoms with van der Waals surface area (Å²) < 4.78 is 1.76. The quantitative estimate of drug-likeness (QED) is 0.769. The highest BCUT2D eigenvalue weighted by Crippen LogP contribution is 2.27. The van der Waals surface area contributed by atoms with Crippen molar-refractivity contribution < 1.29 is 4.79 Å². The van der Waals surface area contributed by atoms with Gasteiger partial charge in [-0.25, -0.2) is 4.98 Å². The Bertz CT molecular complexity index is 646. The number of aromatic nitrogens is 2. The summed E-state index contributed by atoms with van der Waals surface area (Å²) in [5, 5.41) is 0. The summed E-state index contributed by atoms with van der Waals surface area (Å²) in [5.74, 6) is 2.59. The Morgan fingerprint density at radius 2 is 2.00 bits per heavy atom. The SMILES string of the molecule is C#CCN(C(=O)Cn1ccnc1)c1c(CC)cccc1CC. The molecule has 0 saturated carbocycles. The molecule has 4 heteroatoms. The highest BCUT2D eigenvalue weighted by Gasteiger charge is 2.20. The van der Waals surface area contributed by atoms with Crippen LogP contribution in [0.5, 0.6) is 0 Å². The van der Waals surface area contributed by atoms with Gasteiger partial charge in [-0.1, -0.05) is 38.0 Å². The third-order valence-corrected chi connectivity index (χ3v) is 3.66. The van der Waals surface area contributed by atoms with E-state index in [0.29, 0.717) is 0 Å². The Morgan fingerprint density at radius 1 is 1.32 bits per heavy atom. The van der Waals surface area contributed by atoms with Gasteiger partial charge in [-0.05, 0) is 24.0 Å². The fraction of sp³-hybridized carbons (Fsp3) is 0.333. The highest BCUT2D eigenvalue weighted by atomic mass is 16.2. The number of rotatable bonds is 6. The molecular weight excluding hydrogens is 274 g/mol. The molecule has 0 aliphatic carbocycles. The summed E-state index contributed by atoms with van der Waals surface area (Å²) in [6, 6.07) is 6.15. The zero-order valence-corrected chi connectivity index (χ0v) is 13.1. The zero-order valence-electron chi connectivity index (χ0n) is 13.1. The first-order valence-corrected chi connectivity index (χ1v) is 7.51. The van der Waals surface area contributed by atoms with E-state index in [4.69, 9.17) is 6.42 Å². The van der Waals surface area contributed by atoms with Gasteiger partial charge in [0.15, 0.2) is 0 Å². The lowest BCUT2D eigenvalue weighted by Crippen LogP contribution is -2.35.